The molecule has 0 saturated carbocycles. The normalized spacial score (nSPS) is 22.2. The van der Waals surface area contributed by atoms with Crippen LogP contribution in [0.2, 0.25) is 0 Å². The highest BCUT2D eigenvalue weighted by Gasteiger charge is 2.40. The Morgan fingerprint density at radius 1 is 0.900 bits per heavy atom. The van der Waals surface area contributed by atoms with E-state index in [9.17, 15) is 5.21 Å². The zero-order chi connectivity index (χ0) is 14.7. The summed E-state index contributed by atoms with van der Waals surface area (Å²) in [5, 5.41) is 9.79. The van der Waals surface area contributed by atoms with Crippen molar-refractivity contribution in [2.75, 3.05) is 0 Å². The van der Waals surface area contributed by atoms with Crippen LogP contribution in [0.25, 0.3) is 0 Å². The number of rotatable bonds is 12. The summed E-state index contributed by atoms with van der Waals surface area (Å²) in [5.74, 6) is 0. The van der Waals surface area contributed by atoms with Crippen LogP contribution in [-0.2, 0) is 0 Å². The highest BCUT2D eigenvalue weighted by Crippen LogP contribution is 2.27. The highest BCUT2D eigenvalue weighted by molar-refractivity contribution is 5.53. The van der Waals surface area contributed by atoms with Gasteiger partial charge in [0.05, 0.1) is 0 Å². The lowest BCUT2D eigenvalue weighted by atomic mass is 9.92. The summed E-state index contributed by atoms with van der Waals surface area (Å²) in [4.78, 5) is 0. The molecule has 0 amide bonds. The first kappa shape index (κ1) is 17.5. The van der Waals surface area contributed by atoms with E-state index < -0.39 is 0 Å². The van der Waals surface area contributed by atoms with Gasteiger partial charge in [-0.1, -0.05) is 71.1 Å². The van der Waals surface area contributed by atoms with E-state index in [0.29, 0.717) is 0 Å². The van der Waals surface area contributed by atoms with Gasteiger partial charge in [-0.3, -0.25) is 5.21 Å². The van der Waals surface area contributed by atoms with Crippen LogP contribution in [0.1, 0.15) is 104 Å². The topological polar surface area (TPSA) is 23.2 Å². The van der Waals surface area contributed by atoms with E-state index in [1.807, 2.05) is 6.21 Å². The number of hydrogen-bond acceptors (Lipinski definition) is 1. The molecule has 0 spiro atoms. The minimum Gasteiger partial charge on any atom is -0.291 e. The maximum atomic E-state index is 9.79. The third-order valence-corrected chi connectivity index (χ3v) is 4.86. The Kier molecular flexibility index (Phi) is 8.97. The van der Waals surface area contributed by atoms with E-state index in [1.165, 1.54) is 75.4 Å². The quantitative estimate of drug-likeness (QED) is 0.276. The van der Waals surface area contributed by atoms with Gasteiger partial charge in [-0.05, 0) is 11.2 Å². The Morgan fingerprint density at radius 3 is 1.85 bits per heavy atom. The van der Waals surface area contributed by atoms with Crippen LogP contribution in [0.4, 0.5) is 0 Å². The van der Waals surface area contributed by atoms with Crippen molar-refractivity contribution in [1.82, 2.24) is 0 Å². The van der Waals surface area contributed by atoms with E-state index in [1.54, 1.807) is 0 Å². The fourth-order valence-corrected chi connectivity index (χ4v) is 3.24. The molecular weight excluding hydrogens is 246 g/mol. The monoisotopic (exact) mass is 282 g/mol. The lowest BCUT2D eigenvalue weighted by molar-refractivity contribution is -0.817. The molecular formula is C18H36NO+. The summed E-state index contributed by atoms with van der Waals surface area (Å²) in [6, 6.07) is 0. The molecule has 1 N–H and O–H groups in total. The van der Waals surface area contributed by atoms with Crippen molar-refractivity contribution in [3.8, 4) is 0 Å². The van der Waals surface area contributed by atoms with Gasteiger partial charge in [0.15, 0.2) is 6.21 Å². The predicted molar refractivity (Wildman–Crippen MR) is 86.8 cm³/mol. The molecule has 0 aromatic rings. The third-order valence-electron chi connectivity index (χ3n) is 4.86. The minimum atomic E-state index is 0.0271. The SMILES string of the molecule is CCCCCCCCCCCCCC1(C)CCC=[N+]1O. The Balaban J connectivity index is 1.85. The van der Waals surface area contributed by atoms with Gasteiger partial charge in [0.2, 0.25) is 5.54 Å². The van der Waals surface area contributed by atoms with E-state index >= 15 is 0 Å². The molecule has 0 bridgehead atoms. The zero-order valence-corrected chi connectivity index (χ0v) is 13.9. The van der Waals surface area contributed by atoms with Gasteiger partial charge in [0.25, 0.3) is 0 Å². The predicted octanol–water partition coefficient (Wildman–Crippen LogP) is 5.71. The lowest BCUT2D eigenvalue weighted by Gasteiger charge is -2.16. The molecule has 1 rings (SSSR count). The maximum absolute atomic E-state index is 9.79. The standard InChI is InChI=1S/C18H36NO/c1-3-4-5-6-7-8-9-10-11-12-13-15-18(2)16-14-17-19(18)20/h17,20H,3-16H2,1-2H3/q+1. The largest absolute Gasteiger partial charge is 0.291 e. The molecule has 1 unspecified atom stereocenters. The van der Waals surface area contributed by atoms with Gasteiger partial charge >= 0.3 is 0 Å². The molecule has 0 fully saturated rings. The average Bonchev–Trinajstić information content (AvgIpc) is 2.76. The second kappa shape index (κ2) is 10.2. The summed E-state index contributed by atoms with van der Waals surface area (Å²) >= 11 is 0. The number of nitrogens with zero attached hydrogens (tertiary/aromatic N) is 1. The molecule has 1 aliphatic rings. The summed E-state index contributed by atoms with van der Waals surface area (Å²) in [7, 11) is 0. The van der Waals surface area contributed by atoms with Crippen LogP contribution in [0.3, 0.4) is 0 Å². The van der Waals surface area contributed by atoms with Gasteiger partial charge in [-0.15, -0.1) is 0 Å². The molecule has 118 valence electrons. The molecule has 0 aliphatic carbocycles. The van der Waals surface area contributed by atoms with E-state index in [-0.39, 0.29) is 5.54 Å². The molecule has 2 nitrogen and oxygen atoms in total. The zero-order valence-electron chi connectivity index (χ0n) is 13.9. The summed E-state index contributed by atoms with van der Waals surface area (Å²) in [5.41, 5.74) is 0.0271. The van der Waals surface area contributed by atoms with Gasteiger partial charge in [-0.2, -0.15) is 0 Å². The Hall–Kier alpha value is -0.530. The Labute approximate surface area is 126 Å². The van der Waals surface area contributed by atoms with Gasteiger partial charge in [-0.25, -0.2) is 0 Å². The van der Waals surface area contributed by atoms with Crippen LogP contribution >= 0.6 is 0 Å². The lowest BCUT2D eigenvalue weighted by Crippen LogP contribution is -2.33. The highest BCUT2D eigenvalue weighted by atomic mass is 16.5. The summed E-state index contributed by atoms with van der Waals surface area (Å²) < 4.78 is 1.46. The summed E-state index contributed by atoms with van der Waals surface area (Å²) in [6.07, 6.45) is 20.5. The van der Waals surface area contributed by atoms with Crippen LogP contribution in [0.5, 0.6) is 0 Å². The molecule has 20 heavy (non-hydrogen) atoms. The van der Waals surface area contributed by atoms with E-state index in [0.717, 1.165) is 19.3 Å². The molecule has 1 aliphatic heterocycles. The minimum absolute atomic E-state index is 0.0271. The fourth-order valence-electron chi connectivity index (χ4n) is 3.24. The van der Waals surface area contributed by atoms with E-state index in [2.05, 4.69) is 13.8 Å². The van der Waals surface area contributed by atoms with Gasteiger partial charge in [0, 0.05) is 26.2 Å². The Morgan fingerprint density at radius 2 is 1.40 bits per heavy atom. The maximum Gasteiger partial charge on any atom is 0.208 e. The molecule has 0 radical (unpaired) electrons. The van der Waals surface area contributed by atoms with Crippen molar-refractivity contribution in [2.24, 2.45) is 0 Å². The molecule has 1 heterocycles. The third kappa shape index (κ3) is 6.76. The molecule has 1 atom stereocenters. The van der Waals surface area contributed by atoms with Crippen molar-refractivity contribution >= 4 is 6.21 Å². The molecule has 0 aromatic heterocycles. The fraction of sp³-hybridized carbons (Fsp3) is 0.944. The average molecular weight is 282 g/mol. The smallest absolute Gasteiger partial charge is 0.208 e. The van der Waals surface area contributed by atoms with Crippen molar-refractivity contribution in [1.29, 1.82) is 0 Å². The van der Waals surface area contributed by atoms with Crippen LogP contribution < -0.4 is 0 Å². The van der Waals surface area contributed by atoms with Crippen molar-refractivity contribution in [2.45, 2.75) is 109 Å². The van der Waals surface area contributed by atoms with Gasteiger partial charge < -0.3 is 0 Å². The van der Waals surface area contributed by atoms with Crippen LogP contribution in [-0.4, -0.2) is 21.7 Å². The first-order valence-corrected chi connectivity index (χ1v) is 9.00. The molecule has 0 aromatic carbocycles. The number of unbranched alkanes of at least 4 members (excludes halogenated alkanes) is 10. The van der Waals surface area contributed by atoms with Crippen LogP contribution in [0, 0.1) is 0 Å². The number of hydrogen-bond donors (Lipinski definition) is 1. The summed E-state index contributed by atoms with van der Waals surface area (Å²) in [6.45, 7) is 4.47. The molecule has 0 saturated heterocycles. The van der Waals surface area contributed by atoms with Crippen molar-refractivity contribution in [3.05, 3.63) is 0 Å². The van der Waals surface area contributed by atoms with Crippen LogP contribution in [0.15, 0.2) is 0 Å². The van der Waals surface area contributed by atoms with Gasteiger partial charge in [0.1, 0.15) is 0 Å². The first-order valence-electron chi connectivity index (χ1n) is 9.00. The Bertz CT molecular complexity index is 275. The van der Waals surface area contributed by atoms with Crippen molar-refractivity contribution in [3.63, 3.8) is 0 Å². The first-order chi connectivity index (χ1) is 9.69. The second-order valence-corrected chi connectivity index (χ2v) is 6.85. The number of hydroxylamine groups is 1. The van der Waals surface area contributed by atoms with E-state index in [4.69, 9.17) is 0 Å². The second-order valence-electron chi connectivity index (χ2n) is 6.85. The van der Waals surface area contributed by atoms with Crippen molar-refractivity contribution < 1.29 is 9.95 Å². The molecule has 2 heteroatoms.